The molecular formula is C23H28N2O3. The number of hydrogen-bond donors (Lipinski definition) is 0. The summed E-state index contributed by atoms with van der Waals surface area (Å²) in [5.74, 6) is 3.23. The summed E-state index contributed by atoms with van der Waals surface area (Å²) in [4.78, 5) is 5.04. The van der Waals surface area contributed by atoms with E-state index in [1.165, 1.54) is 19.4 Å². The third-order valence-electron chi connectivity index (χ3n) is 6.21. The molecule has 2 aliphatic heterocycles. The van der Waals surface area contributed by atoms with Gasteiger partial charge in [-0.25, -0.2) is 0 Å². The average molecular weight is 380 g/mol. The van der Waals surface area contributed by atoms with Crippen LogP contribution in [0.3, 0.4) is 0 Å². The SMILES string of the molecule is COc1cc2c(cc1N1CCN(CC3Cc4ccccc4C3)CC1)OCCO2. The Bertz CT molecular complexity index is 821. The average Bonchev–Trinajstić information content (AvgIpc) is 3.15. The Morgan fingerprint density at radius 3 is 2.21 bits per heavy atom. The van der Waals surface area contributed by atoms with Crippen molar-refractivity contribution in [2.24, 2.45) is 5.92 Å². The topological polar surface area (TPSA) is 34.2 Å². The second-order valence-electron chi connectivity index (χ2n) is 8.00. The fourth-order valence-corrected chi connectivity index (χ4v) is 4.79. The Balaban J connectivity index is 1.22. The maximum atomic E-state index is 5.78. The fraction of sp³-hybridized carbons (Fsp3) is 0.478. The van der Waals surface area contributed by atoms with Crippen molar-refractivity contribution in [3.05, 3.63) is 47.5 Å². The molecule has 0 bridgehead atoms. The lowest BCUT2D eigenvalue weighted by molar-refractivity contribution is 0.170. The lowest BCUT2D eigenvalue weighted by atomic mass is 10.1. The molecular weight excluding hydrogens is 352 g/mol. The zero-order valence-electron chi connectivity index (χ0n) is 16.5. The second kappa shape index (κ2) is 7.55. The maximum absolute atomic E-state index is 5.78. The third-order valence-corrected chi connectivity index (χ3v) is 6.21. The van der Waals surface area contributed by atoms with Crippen LogP contribution in [-0.4, -0.2) is 57.9 Å². The van der Waals surface area contributed by atoms with Crippen LogP contribution < -0.4 is 19.1 Å². The Labute approximate surface area is 166 Å². The van der Waals surface area contributed by atoms with Gasteiger partial charge in [-0.1, -0.05) is 24.3 Å². The summed E-state index contributed by atoms with van der Waals surface area (Å²) in [5, 5.41) is 0. The highest BCUT2D eigenvalue weighted by Crippen LogP contribution is 2.41. The highest BCUT2D eigenvalue weighted by Gasteiger charge is 2.27. The highest BCUT2D eigenvalue weighted by atomic mass is 16.6. The van der Waals surface area contributed by atoms with Crippen LogP contribution in [0.5, 0.6) is 17.2 Å². The molecule has 0 unspecified atom stereocenters. The smallest absolute Gasteiger partial charge is 0.165 e. The highest BCUT2D eigenvalue weighted by molar-refractivity contribution is 5.66. The lowest BCUT2D eigenvalue weighted by Crippen LogP contribution is -2.48. The van der Waals surface area contributed by atoms with Crippen LogP contribution in [-0.2, 0) is 12.8 Å². The largest absolute Gasteiger partial charge is 0.494 e. The van der Waals surface area contributed by atoms with Gasteiger partial charge in [-0.15, -0.1) is 0 Å². The molecule has 5 rings (SSSR count). The van der Waals surface area contributed by atoms with Gasteiger partial charge >= 0.3 is 0 Å². The molecule has 0 aromatic heterocycles. The number of benzene rings is 2. The van der Waals surface area contributed by atoms with Gasteiger partial charge in [0, 0.05) is 44.9 Å². The quantitative estimate of drug-likeness (QED) is 0.815. The number of rotatable bonds is 4. The van der Waals surface area contributed by atoms with Crippen LogP contribution in [0.2, 0.25) is 0 Å². The first-order chi connectivity index (χ1) is 13.8. The molecule has 0 saturated carbocycles. The van der Waals surface area contributed by atoms with Crippen molar-refractivity contribution in [1.29, 1.82) is 0 Å². The number of nitrogens with zero attached hydrogens (tertiary/aromatic N) is 2. The first-order valence-corrected chi connectivity index (χ1v) is 10.3. The zero-order chi connectivity index (χ0) is 18.9. The van der Waals surface area contributed by atoms with E-state index >= 15 is 0 Å². The molecule has 148 valence electrons. The molecule has 1 fully saturated rings. The summed E-state index contributed by atoms with van der Waals surface area (Å²) in [5.41, 5.74) is 4.21. The van der Waals surface area contributed by atoms with E-state index in [0.29, 0.717) is 13.2 Å². The predicted octanol–water partition coefficient (Wildman–Crippen LogP) is 3.00. The number of fused-ring (bicyclic) bond motifs is 2. The van der Waals surface area contributed by atoms with E-state index in [1.54, 1.807) is 18.2 Å². The molecule has 5 nitrogen and oxygen atoms in total. The molecule has 2 heterocycles. The Morgan fingerprint density at radius 2 is 1.57 bits per heavy atom. The van der Waals surface area contributed by atoms with Gasteiger partial charge in [0.15, 0.2) is 11.5 Å². The molecule has 0 N–H and O–H groups in total. The van der Waals surface area contributed by atoms with Crippen LogP contribution >= 0.6 is 0 Å². The van der Waals surface area contributed by atoms with Crippen LogP contribution in [0.25, 0.3) is 0 Å². The molecule has 0 amide bonds. The summed E-state index contributed by atoms with van der Waals surface area (Å²) in [6.45, 7) is 6.59. The number of methoxy groups -OCH3 is 1. The normalized spacial score (nSPS) is 19.5. The van der Waals surface area contributed by atoms with Gasteiger partial charge in [0.05, 0.1) is 12.8 Å². The van der Waals surface area contributed by atoms with E-state index in [0.717, 1.165) is 55.0 Å². The van der Waals surface area contributed by atoms with Gasteiger partial charge in [-0.3, -0.25) is 4.90 Å². The van der Waals surface area contributed by atoms with Crippen molar-refractivity contribution in [3.8, 4) is 17.2 Å². The second-order valence-corrected chi connectivity index (χ2v) is 8.00. The summed E-state index contributed by atoms with van der Waals surface area (Å²) < 4.78 is 17.1. The predicted molar refractivity (Wildman–Crippen MR) is 110 cm³/mol. The Hall–Kier alpha value is -2.40. The number of ether oxygens (including phenoxy) is 3. The van der Waals surface area contributed by atoms with E-state index < -0.39 is 0 Å². The van der Waals surface area contributed by atoms with Crippen molar-refractivity contribution < 1.29 is 14.2 Å². The monoisotopic (exact) mass is 380 g/mol. The molecule has 0 radical (unpaired) electrons. The number of piperazine rings is 1. The molecule has 0 spiro atoms. The van der Waals surface area contributed by atoms with Gasteiger partial charge in [-0.05, 0) is 29.9 Å². The first kappa shape index (κ1) is 17.7. The molecule has 2 aromatic rings. The molecule has 3 aliphatic rings. The summed E-state index contributed by atoms with van der Waals surface area (Å²) in [6.07, 6.45) is 2.46. The fourth-order valence-electron chi connectivity index (χ4n) is 4.79. The van der Waals surface area contributed by atoms with Gasteiger partial charge in [-0.2, -0.15) is 0 Å². The maximum Gasteiger partial charge on any atom is 0.165 e. The van der Waals surface area contributed by atoms with Gasteiger partial charge in [0.1, 0.15) is 19.0 Å². The van der Waals surface area contributed by atoms with Crippen molar-refractivity contribution in [2.75, 3.05) is 57.9 Å². The van der Waals surface area contributed by atoms with E-state index in [9.17, 15) is 0 Å². The summed E-state index contributed by atoms with van der Waals surface area (Å²) >= 11 is 0. The van der Waals surface area contributed by atoms with Gasteiger partial charge in [0.2, 0.25) is 0 Å². The molecule has 28 heavy (non-hydrogen) atoms. The van der Waals surface area contributed by atoms with Gasteiger partial charge < -0.3 is 19.1 Å². The van der Waals surface area contributed by atoms with Crippen LogP contribution in [0, 0.1) is 5.92 Å². The number of anilines is 1. The van der Waals surface area contributed by atoms with E-state index in [1.807, 2.05) is 6.07 Å². The van der Waals surface area contributed by atoms with Gasteiger partial charge in [0.25, 0.3) is 0 Å². The van der Waals surface area contributed by atoms with Crippen molar-refractivity contribution in [1.82, 2.24) is 4.90 Å². The van der Waals surface area contributed by atoms with Crippen LogP contribution in [0.1, 0.15) is 11.1 Å². The minimum Gasteiger partial charge on any atom is -0.494 e. The Kier molecular flexibility index (Phi) is 4.77. The summed E-state index contributed by atoms with van der Waals surface area (Å²) in [7, 11) is 1.73. The van der Waals surface area contributed by atoms with E-state index in [4.69, 9.17) is 14.2 Å². The molecule has 5 heteroatoms. The number of hydrogen-bond acceptors (Lipinski definition) is 5. The third kappa shape index (κ3) is 3.39. The zero-order valence-corrected chi connectivity index (χ0v) is 16.5. The van der Waals surface area contributed by atoms with Crippen molar-refractivity contribution in [3.63, 3.8) is 0 Å². The van der Waals surface area contributed by atoms with E-state index in [2.05, 4.69) is 40.1 Å². The minimum absolute atomic E-state index is 0.596. The standard InChI is InChI=1S/C23H28N2O3/c1-26-21-15-23-22(27-10-11-28-23)14-20(21)25-8-6-24(7-9-25)16-17-12-18-4-2-3-5-19(18)13-17/h2-5,14-15,17H,6-13,16H2,1H3. The molecule has 1 aliphatic carbocycles. The first-order valence-electron chi connectivity index (χ1n) is 10.3. The van der Waals surface area contributed by atoms with Crippen molar-refractivity contribution >= 4 is 5.69 Å². The Morgan fingerprint density at radius 1 is 0.929 bits per heavy atom. The van der Waals surface area contributed by atoms with Crippen LogP contribution in [0.4, 0.5) is 5.69 Å². The minimum atomic E-state index is 0.596. The summed E-state index contributed by atoms with van der Waals surface area (Å²) in [6, 6.07) is 13.0. The molecule has 2 aromatic carbocycles. The van der Waals surface area contributed by atoms with E-state index in [-0.39, 0.29) is 0 Å². The van der Waals surface area contributed by atoms with Crippen molar-refractivity contribution in [2.45, 2.75) is 12.8 Å². The lowest BCUT2D eigenvalue weighted by Gasteiger charge is -2.38. The molecule has 0 atom stereocenters. The molecule has 1 saturated heterocycles. The van der Waals surface area contributed by atoms with Crippen LogP contribution in [0.15, 0.2) is 36.4 Å².